The molecule has 1 aromatic carbocycles. The highest BCUT2D eigenvalue weighted by atomic mass is 35.5. The summed E-state index contributed by atoms with van der Waals surface area (Å²) in [6.07, 6.45) is 1.77. The number of phenols is 1. The molecule has 1 heterocycles. The highest BCUT2D eigenvalue weighted by molar-refractivity contribution is 7.09. The first-order valence-electron chi connectivity index (χ1n) is 5.35. The Bertz CT molecular complexity index is 517. The number of rotatable bonds is 5. The zero-order chi connectivity index (χ0) is 13.0. The first-order chi connectivity index (χ1) is 8.70. The van der Waals surface area contributed by atoms with Gasteiger partial charge >= 0.3 is 0 Å². The standard InChI is InChI=1S/C12H13ClN2O2S/c1-17-10-5-9(13)4-8(12(10)16)6-14-7-11-15-2-3-18-11/h2-5,14,16H,6-7H2,1H3. The van der Waals surface area contributed by atoms with Crippen molar-refractivity contribution in [3.63, 3.8) is 0 Å². The second-order valence-corrected chi connectivity index (χ2v) is 5.06. The van der Waals surface area contributed by atoms with Crippen LogP contribution in [0.2, 0.25) is 5.02 Å². The summed E-state index contributed by atoms with van der Waals surface area (Å²) in [5.41, 5.74) is 0.705. The van der Waals surface area contributed by atoms with Crippen LogP contribution in [0, 0.1) is 0 Å². The number of nitrogens with one attached hydrogen (secondary N) is 1. The lowest BCUT2D eigenvalue weighted by Gasteiger charge is -2.10. The molecule has 2 N–H and O–H groups in total. The summed E-state index contributed by atoms with van der Waals surface area (Å²) in [5, 5.41) is 16.6. The summed E-state index contributed by atoms with van der Waals surface area (Å²) in [5.74, 6) is 0.502. The number of ether oxygens (including phenoxy) is 1. The molecule has 2 aromatic rings. The molecule has 18 heavy (non-hydrogen) atoms. The fourth-order valence-electron chi connectivity index (χ4n) is 1.56. The Kier molecular flexibility index (Phi) is 4.41. The molecular weight excluding hydrogens is 272 g/mol. The average molecular weight is 285 g/mol. The molecule has 1 aromatic heterocycles. The van der Waals surface area contributed by atoms with E-state index in [0.29, 0.717) is 29.4 Å². The zero-order valence-corrected chi connectivity index (χ0v) is 11.4. The SMILES string of the molecule is COc1cc(Cl)cc(CNCc2nccs2)c1O. The lowest BCUT2D eigenvalue weighted by atomic mass is 10.2. The van der Waals surface area contributed by atoms with Gasteiger partial charge in [-0.3, -0.25) is 0 Å². The second kappa shape index (κ2) is 6.04. The molecule has 0 saturated carbocycles. The molecule has 0 saturated heterocycles. The molecule has 0 aliphatic heterocycles. The number of thiazole rings is 1. The Morgan fingerprint density at radius 1 is 1.44 bits per heavy atom. The third kappa shape index (κ3) is 3.13. The number of benzene rings is 1. The predicted octanol–water partition coefficient (Wildman–Crippen LogP) is 2.80. The lowest BCUT2D eigenvalue weighted by molar-refractivity contribution is 0.369. The third-order valence-electron chi connectivity index (χ3n) is 2.41. The van der Waals surface area contributed by atoms with Crippen molar-refractivity contribution in [2.24, 2.45) is 0 Å². The van der Waals surface area contributed by atoms with E-state index in [4.69, 9.17) is 16.3 Å². The van der Waals surface area contributed by atoms with Crippen molar-refractivity contribution >= 4 is 22.9 Å². The Balaban J connectivity index is 2.02. The van der Waals surface area contributed by atoms with Gasteiger partial charge in [0, 0.05) is 41.3 Å². The highest BCUT2D eigenvalue weighted by Crippen LogP contribution is 2.33. The molecule has 2 rings (SSSR count). The van der Waals surface area contributed by atoms with Crippen LogP contribution >= 0.6 is 22.9 Å². The fraction of sp³-hybridized carbons (Fsp3) is 0.250. The molecule has 0 aliphatic carbocycles. The van der Waals surface area contributed by atoms with Crippen LogP contribution in [-0.2, 0) is 13.1 Å². The third-order valence-corrected chi connectivity index (χ3v) is 3.41. The number of hydrogen-bond acceptors (Lipinski definition) is 5. The average Bonchev–Trinajstić information content (AvgIpc) is 2.86. The monoisotopic (exact) mass is 284 g/mol. The molecular formula is C12H13ClN2O2S. The van der Waals surface area contributed by atoms with Crippen molar-refractivity contribution in [3.8, 4) is 11.5 Å². The van der Waals surface area contributed by atoms with Crippen molar-refractivity contribution in [1.82, 2.24) is 10.3 Å². The van der Waals surface area contributed by atoms with Gasteiger partial charge in [-0.05, 0) is 6.07 Å². The van der Waals surface area contributed by atoms with Crippen molar-refractivity contribution in [1.29, 1.82) is 0 Å². The fourth-order valence-corrected chi connectivity index (χ4v) is 2.38. The normalized spacial score (nSPS) is 10.6. The van der Waals surface area contributed by atoms with Gasteiger partial charge in [-0.1, -0.05) is 11.6 Å². The van der Waals surface area contributed by atoms with Crippen LogP contribution in [0.3, 0.4) is 0 Å². The minimum absolute atomic E-state index is 0.119. The molecule has 6 heteroatoms. The van der Waals surface area contributed by atoms with Gasteiger partial charge in [-0.25, -0.2) is 4.98 Å². The Hall–Kier alpha value is -1.30. The second-order valence-electron chi connectivity index (χ2n) is 3.65. The highest BCUT2D eigenvalue weighted by Gasteiger charge is 2.09. The number of nitrogens with zero attached hydrogens (tertiary/aromatic N) is 1. The number of phenolic OH excluding ortho intramolecular Hbond substituents is 1. The van der Waals surface area contributed by atoms with E-state index >= 15 is 0 Å². The quantitative estimate of drug-likeness (QED) is 0.886. The molecule has 0 unspecified atom stereocenters. The van der Waals surface area contributed by atoms with E-state index in [1.165, 1.54) is 7.11 Å². The first-order valence-corrected chi connectivity index (χ1v) is 6.61. The van der Waals surface area contributed by atoms with E-state index in [1.807, 2.05) is 5.38 Å². The van der Waals surface area contributed by atoms with Crippen molar-refractivity contribution in [2.45, 2.75) is 13.1 Å². The van der Waals surface area contributed by atoms with E-state index in [9.17, 15) is 5.11 Å². The Labute approximate surface area is 114 Å². The summed E-state index contributed by atoms with van der Waals surface area (Å²) >= 11 is 7.54. The molecule has 0 spiro atoms. The smallest absolute Gasteiger partial charge is 0.162 e. The van der Waals surface area contributed by atoms with Crippen LogP contribution in [-0.4, -0.2) is 17.2 Å². The van der Waals surface area contributed by atoms with Crippen LogP contribution < -0.4 is 10.1 Å². The molecule has 4 nitrogen and oxygen atoms in total. The van der Waals surface area contributed by atoms with Gasteiger partial charge in [-0.2, -0.15) is 0 Å². The lowest BCUT2D eigenvalue weighted by Crippen LogP contribution is -2.12. The molecule has 0 atom stereocenters. The molecule has 0 fully saturated rings. The molecule has 96 valence electrons. The molecule has 0 amide bonds. The van der Waals surface area contributed by atoms with Crippen LogP contribution in [0.15, 0.2) is 23.7 Å². The number of aromatic hydroxyl groups is 1. The summed E-state index contributed by atoms with van der Waals surface area (Å²) < 4.78 is 5.05. The van der Waals surface area contributed by atoms with Gasteiger partial charge < -0.3 is 15.2 Å². The van der Waals surface area contributed by atoms with Crippen LogP contribution in [0.4, 0.5) is 0 Å². The summed E-state index contributed by atoms with van der Waals surface area (Å²) in [6, 6.07) is 3.30. The van der Waals surface area contributed by atoms with E-state index in [1.54, 1.807) is 29.7 Å². The number of aromatic nitrogens is 1. The number of methoxy groups -OCH3 is 1. The van der Waals surface area contributed by atoms with E-state index in [0.717, 1.165) is 5.01 Å². The summed E-state index contributed by atoms with van der Waals surface area (Å²) in [4.78, 5) is 4.16. The van der Waals surface area contributed by atoms with E-state index in [2.05, 4.69) is 10.3 Å². The van der Waals surface area contributed by atoms with Crippen LogP contribution in [0.25, 0.3) is 0 Å². The van der Waals surface area contributed by atoms with Gasteiger partial charge in [-0.15, -0.1) is 11.3 Å². The van der Waals surface area contributed by atoms with Gasteiger partial charge in [0.25, 0.3) is 0 Å². The largest absolute Gasteiger partial charge is 0.504 e. The van der Waals surface area contributed by atoms with E-state index in [-0.39, 0.29) is 5.75 Å². The van der Waals surface area contributed by atoms with Crippen LogP contribution in [0.5, 0.6) is 11.5 Å². The van der Waals surface area contributed by atoms with Gasteiger partial charge in [0.05, 0.1) is 7.11 Å². The number of halogens is 1. The van der Waals surface area contributed by atoms with Gasteiger partial charge in [0.2, 0.25) is 0 Å². The van der Waals surface area contributed by atoms with Gasteiger partial charge in [0.15, 0.2) is 11.5 Å². The molecule has 0 radical (unpaired) electrons. The first kappa shape index (κ1) is 13.1. The Morgan fingerprint density at radius 2 is 2.28 bits per heavy atom. The number of hydrogen-bond donors (Lipinski definition) is 2. The maximum atomic E-state index is 9.93. The minimum Gasteiger partial charge on any atom is -0.504 e. The maximum Gasteiger partial charge on any atom is 0.162 e. The van der Waals surface area contributed by atoms with Crippen molar-refractivity contribution < 1.29 is 9.84 Å². The predicted molar refractivity (Wildman–Crippen MR) is 72.3 cm³/mol. The van der Waals surface area contributed by atoms with Crippen molar-refractivity contribution in [3.05, 3.63) is 39.3 Å². The Morgan fingerprint density at radius 3 is 2.94 bits per heavy atom. The summed E-state index contributed by atoms with van der Waals surface area (Å²) in [7, 11) is 1.50. The van der Waals surface area contributed by atoms with E-state index < -0.39 is 0 Å². The maximum absolute atomic E-state index is 9.93. The van der Waals surface area contributed by atoms with Gasteiger partial charge in [0.1, 0.15) is 5.01 Å². The summed E-state index contributed by atoms with van der Waals surface area (Å²) in [6.45, 7) is 1.16. The minimum atomic E-state index is 0.119. The van der Waals surface area contributed by atoms with Crippen LogP contribution in [0.1, 0.15) is 10.6 Å². The van der Waals surface area contributed by atoms with Crippen molar-refractivity contribution in [2.75, 3.05) is 7.11 Å². The molecule has 0 bridgehead atoms. The topological polar surface area (TPSA) is 54.4 Å². The zero-order valence-electron chi connectivity index (χ0n) is 9.81. The molecule has 0 aliphatic rings.